The number of fused-ring (bicyclic) bond motifs is 1. The number of benzene rings is 2. The van der Waals surface area contributed by atoms with Gasteiger partial charge in [-0.2, -0.15) is 9.78 Å². The monoisotopic (exact) mass is 382 g/mol. The Balaban J connectivity index is 1.85. The maximum atomic E-state index is 5.55. The molecule has 138 valence electrons. The predicted molar refractivity (Wildman–Crippen MR) is 104 cm³/mol. The smallest absolute Gasteiger partial charge is 0.212 e. The number of hydrogen-bond donors (Lipinski definition) is 0. The van der Waals surface area contributed by atoms with Crippen molar-refractivity contribution in [1.82, 2.24) is 14.9 Å². The van der Waals surface area contributed by atoms with Gasteiger partial charge in [-0.15, -0.1) is 10.2 Å². The van der Waals surface area contributed by atoms with Crippen LogP contribution in [0.1, 0.15) is 5.56 Å². The fraction of sp³-hybridized carbons (Fsp3) is 0.211. The zero-order chi connectivity index (χ0) is 18.8. The molecule has 3 aromatic rings. The maximum Gasteiger partial charge on any atom is 0.212 e. The summed E-state index contributed by atoms with van der Waals surface area (Å²) in [6.45, 7) is 0. The van der Waals surface area contributed by atoms with E-state index in [-0.39, 0.29) is 0 Å². The molecule has 27 heavy (non-hydrogen) atoms. The third kappa shape index (κ3) is 3.02. The Morgan fingerprint density at radius 1 is 0.852 bits per heavy atom. The summed E-state index contributed by atoms with van der Waals surface area (Å²) in [6, 6.07) is 13.5. The van der Waals surface area contributed by atoms with Gasteiger partial charge in [0.1, 0.15) is 5.75 Å². The van der Waals surface area contributed by atoms with Crippen LogP contribution in [0.4, 0.5) is 0 Å². The largest absolute Gasteiger partial charge is 0.496 e. The molecule has 1 aliphatic heterocycles. The molecule has 8 heteroatoms. The van der Waals surface area contributed by atoms with E-state index in [9.17, 15) is 0 Å². The van der Waals surface area contributed by atoms with E-state index >= 15 is 0 Å². The molecule has 0 bridgehead atoms. The van der Waals surface area contributed by atoms with Crippen LogP contribution in [0.15, 0.2) is 52.7 Å². The highest BCUT2D eigenvalue weighted by atomic mass is 32.2. The topological polar surface area (TPSA) is 70.8 Å². The summed E-state index contributed by atoms with van der Waals surface area (Å²) in [7, 11) is 4.87. The Hall–Kier alpha value is -3.00. The second kappa shape index (κ2) is 7.32. The number of methoxy groups -OCH3 is 3. The van der Waals surface area contributed by atoms with Crippen LogP contribution in [-0.4, -0.2) is 47.7 Å². The molecule has 0 radical (unpaired) electrons. The lowest BCUT2D eigenvalue weighted by Gasteiger charge is -2.17. The zero-order valence-corrected chi connectivity index (χ0v) is 16.0. The zero-order valence-electron chi connectivity index (χ0n) is 15.2. The van der Waals surface area contributed by atoms with E-state index in [0.29, 0.717) is 23.1 Å². The van der Waals surface area contributed by atoms with Crippen molar-refractivity contribution in [2.75, 3.05) is 27.1 Å². The summed E-state index contributed by atoms with van der Waals surface area (Å²) >= 11 is 1.58. The van der Waals surface area contributed by atoms with Gasteiger partial charge < -0.3 is 14.2 Å². The van der Waals surface area contributed by atoms with Gasteiger partial charge in [-0.3, -0.25) is 0 Å². The summed E-state index contributed by atoms with van der Waals surface area (Å²) in [5, 5.41) is 14.1. The molecule has 0 atom stereocenters. The van der Waals surface area contributed by atoms with Gasteiger partial charge in [-0.05, 0) is 24.3 Å². The second-order valence-corrected chi connectivity index (χ2v) is 6.64. The molecule has 2 aromatic carbocycles. The highest BCUT2D eigenvalue weighted by Crippen LogP contribution is 2.39. The molecular formula is C19H18N4O3S. The standard InChI is InChI=1S/C19H18N4O3S/c1-24-15-9-5-4-7-12(15)14-11-27-19-21-20-18(23(19)22-14)13-8-6-10-16(25-2)17(13)26-3/h4-10H,11H2,1-3H3. The SMILES string of the molecule is COc1ccccc1C1=Nn2c(nnc2-c2cccc(OC)c2OC)SC1. The minimum atomic E-state index is 0.597. The van der Waals surface area contributed by atoms with E-state index in [1.807, 2.05) is 42.5 Å². The van der Waals surface area contributed by atoms with Crippen molar-refractivity contribution >= 4 is 17.5 Å². The molecule has 7 nitrogen and oxygen atoms in total. The van der Waals surface area contributed by atoms with Crippen LogP contribution in [0.3, 0.4) is 0 Å². The normalized spacial score (nSPS) is 12.9. The van der Waals surface area contributed by atoms with Crippen LogP contribution in [0.5, 0.6) is 17.2 Å². The maximum absolute atomic E-state index is 5.55. The quantitative estimate of drug-likeness (QED) is 0.674. The van der Waals surface area contributed by atoms with Gasteiger partial charge in [0, 0.05) is 11.3 Å². The number of nitrogens with zero attached hydrogens (tertiary/aromatic N) is 4. The Labute approximate surface area is 161 Å². The molecule has 1 aromatic heterocycles. The highest BCUT2D eigenvalue weighted by Gasteiger charge is 2.24. The first kappa shape index (κ1) is 17.4. The van der Waals surface area contributed by atoms with E-state index in [0.717, 1.165) is 27.7 Å². The molecule has 0 spiro atoms. The van der Waals surface area contributed by atoms with E-state index in [1.54, 1.807) is 37.8 Å². The van der Waals surface area contributed by atoms with Gasteiger partial charge >= 0.3 is 0 Å². The van der Waals surface area contributed by atoms with Crippen LogP contribution in [0, 0.1) is 0 Å². The van der Waals surface area contributed by atoms with E-state index in [2.05, 4.69) is 10.2 Å². The molecule has 0 saturated heterocycles. The van der Waals surface area contributed by atoms with Crippen molar-refractivity contribution in [2.24, 2.45) is 5.10 Å². The highest BCUT2D eigenvalue weighted by molar-refractivity contribution is 7.99. The van der Waals surface area contributed by atoms with E-state index in [1.165, 1.54) is 0 Å². The number of hydrogen-bond acceptors (Lipinski definition) is 7. The molecule has 0 fully saturated rings. The summed E-state index contributed by atoms with van der Waals surface area (Å²) < 4.78 is 18.2. The average Bonchev–Trinajstić information content (AvgIpc) is 3.16. The van der Waals surface area contributed by atoms with Crippen LogP contribution in [0.2, 0.25) is 0 Å². The first-order chi connectivity index (χ1) is 13.3. The van der Waals surface area contributed by atoms with Gasteiger partial charge in [-0.1, -0.05) is 30.0 Å². The molecule has 2 heterocycles. The first-order valence-electron chi connectivity index (χ1n) is 8.27. The molecule has 1 aliphatic rings. The molecule has 0 N–H and O–H groups in total. The molecule has 0 unspecified atom stereocenters. The summed E-state index contributed by atoms with van der Waals surface area (Å²) in [4.78, 5) is 0. The Morgan fingerprint density at radius 2 is 1.59 bits per heavy atom. The Bertz CT molecular complexity index is 1020. The molecule has 0 saturated carbocycles. The minimum Gasteiger partial charge on any atom is -0.496 e. The predicted octanol–water partition coefficient (Wildman–Crippen LogP) is 3.33. The number of ether oxygens (including phenoxy) is 3. The minimum absolute atomic E-state index is 0.597. The van der Waals surface area contributed by atoms with Crippen LogP contribution < -0.4 is 14.2 Å². The number of aromatic nitrogens is 3. The number of para-hydroxylation sites is 2. The molecule has 4 rings (SSSR count). The van der Waals surface area contributed by atoms with Gasteiger partial charge in [-0.25, -0.2) is 0 Å². The van der Waals surface area contributed by atoms with Gasteiger partial charge in [0.2, 0.25) is 5.16 Å². The van der Waals surface area contributed by atoms with Crippen molar-refractivity contribution < 1.29 is 14.2 Å². The summed E-state index contributed by atoms with van der Waals surface area (Å²) in [5.41, 5.74) is 2.62. The summed E-state index contributed by atoms with van der Waals surface area (Å²) in [5.74, 6) is 3.30. The third-order valence-corrected chi connectivity index (χ3v) is 5.16. The Morgan fingerprint density at radius 3 is 2.37 bits per heavy atom. The average molecular weight is 382 g/mol. The number of rotatable bonds is 5. The van der Waals surface area contributed by atoms with Crippen molar-refractivity contribution in [3.05, 3.63) is 48.0 Å². The lowest BCUT2D eigenvalue weighted by Crippen LogP contribution is -2.14. The Kier molecular flexibility index (Phi) is 4.72. The first-order valence-corrected chi connectivity index (χ1v) is 9.26. The third-order valence-electron chi connectivity index (χ3n) is 4.23. The molecule has 0 aliphatic carbocycles. The van der Waals surface area contributed by atoms with Crippen molar-refractivity contribution in [3.63, 3.8) is 0 Å². The fourth-order valence-electron chi connectivity index (χ4n) is 2.97. The molecular weight excluding hydrogens is 364 g/mol. The van der Waals surface area contributed by atoms with E-state index < -0.39 is 0 Å². The lowest BCUT2D eigenvalue weighted by atomic mass is 10.1. The van der Waals surface area contributed by atoms with Crippen LogP contribution in [-0.2, 0) is 0 Å². The number of thioether (sulfide) groups is 1. The fourth-order valence-corrected chi connectivity index (χ4v) is 3.80. The summed E-state index contributed by atoms with van der Waals surface area (Å²) in [6.07, 6.45) is 0. The van der Waals surface area contributed by atoms with E-state index in [4.69, 9.17) is 19.3 Å². The lowest BCUT2D eigenvalue weighted by molar-refractivity contribution is 0.356. The van der Waals surface area contributed by atoms with Crippen molar-refractivity contribution in [2.45, 2.75) is 5.16 Å². The van der Waals surface area contributed by atoms with Gasteiger partial charge in [0.25, 0.3) is 0 Å². The van der Waals surface area contributed by atoms with Gasteiger partial charge in [0.15, 0.2) is 17.3 Å². The van der Waals surface area contributed by atoms with Crippen molar-refractivity contribution in [3.8, 4) is 28.6 Å². The second-order valence-electron chi connectivity index (χ2n) is 5.69. The molecule has 0 amide bonds. The van der Waals surface area contributed by atoms with Crippen LogP contribution >= 0.6 is 11.8 Å². The van der Waals surface area contributed by atoms with Crippen molar-refractivity contribution in [1.29, 1.82) is 0 Å². The van der Waals surface area contributed by atoms with Gasteiger partial charge in [0.05, 0.1) is 32.6 Å². The van der Waals surface area contributed by atoms with Crippen LogP contribution in [0.25, 0.3) is 11.4 Å².